The summed E-state index contributed by atoms with van der Waals surface area (Å²) in [6, 6.07) is 0. The van der Waals surface area contributed by atoms with Gasteiger partial charge in [0.1, 0.15) is 0 Å². The smallest absolute Gasteiger partial charge is 0.201 e. The standard InChI is InChI=1S/C12H20O2/c1-2-10-8-6-4-3-5-7-9-11(13)12(10)14/h10H,2-9H2,1H3. The minimum absolute atomic E-state index is 0.0144. The van der Waals surface area contributed by atoms with Crippen molar-refractivity contribution in [3.05, 3.63) is 0 Å². The molecule has 0 bridgehead atoms. The second kappa shape index (κ2) is 5.94. The normalized spacial score (nSPS) is 26.2. The van der Waals surface area contributed by atoms with Crippen LogP contribution in [0.5, 0.6) is 0 Å². The van der Waals surface area contributed by atoms with E-state index >= 15 is 0 Å². The summed E-state index contributed by atoms with van der Waals surface area (Å²) in [5.74, 6) is -0.214. The highest BCUT2D eigenvalue weighted by Crippen LogP contribution is 2.19. The van der Waals surface area contributed by atoms with Gasteiger partial charge in [-0.25, -0.2) is 0 Å². The molecule has 0 aliphatic heterocycles. The van der Waals surface area contributed by atoms with E-state index in [1.807, 2.05) is 6.92 Å². The van der Waals surface area contributed by atoms with Gasteiger partial charge in [0.2, 0.25) is 5.78 Å². The average Bonchev–Trinajstić information content (AvgIpc) is 2.20. The molecule has 1 fully saturated rings. The van der Waals surface area contributed by atoms with E-state index in [2.05, 4.69) is 0 Å². The quantitative estimate of drug-likeness (QED) is 0.604. The lowest BCUT2D eigenvalue weighted by Gasteiger charge is -2.14. The fourth-order valence-electron chi connectivity index (χ4n) is 2.08. The van der Waals surface area contributed by atoms with Crippen molar-refractivity contribution in [2.24, 2.45) is 5.92 Å². The SMILES string of the molecule is CCC1CCCCCCCC(=O)C1=O. The van der Waals surface area contributed by atoms with Gasteiger partial charge in [-0.15, -0.1) is 0 Å². The van der Waals surface area contributed by atoms with Gasteiger partial charge in [0.25, 0.3) is 0 Å². The fourth-order valence-corrected chi connectivity index (χ4v) is 2.08. The van der Waals surface area contributed by atoms with Crippen molar-refractivity contribution >= 4 is 11.6 Å². The lowest BCUT2D eigenvalue weighted by atomic mass is 9.89. The van der Waals surface area contributed by atoms with E-state index in [0.717, 1.165) is 32.1 Å². The minimum Gasteiger partial charge on any atom is -0.291 e. The van der Waals surface area contributed by atoms with E-state index in [1.54, 1.807) is 0 Å². The average molecular weight is 196 g/mol. The number of ketones is 2. The number of hydrogen-bond acceptors (Lipinski definition) is 2. The molecule has 0 radical (unpaired) electrons. The molecular formula is C12H20O2. The highest BCUT2D eigenvalue weighted by atomic mass is 16.2. The van der Waals surface area contributed by atoms with Crippen LogP contribution in [0.1, 0.15) is 58.3 Å². The molecule has 1 rings (SSSR count). The Bertz CT molecular complexity index is 208. The molecule has 0 saturated heterocycles. The van der Waals surface area contributed by atoms with E-state index < -0.39 is 0 Å². The Hall–Kier alpha value is -0.660. The van der Waals surface area contributed by atoms with Crippen molar-refractivity contribution in [2.75, 3.05) is 0 Å². The van der Waals surface area contributed by atoms with Crippen molar-refractivity contribution in [2.45, 2.75) is 58.3 Å². The van der Waals surface area contributed by atoms with E-state index in [0.29, 0.717) is 6.42 Å². The molecule has 0 aromatic heterocycles. The van der Waals surface area contributed by atoms with Crippen molar-refractivity contribution in [1.29, 1.82) is 0 Å². The van der Waals surface area contributed by atoms with Crippen LogP contribution in [0.4, 0.5) is 0 Å². The lowest BCUT2D eigenvalue weighted by molar-refractivity contribution is -0.139. The summed E-state index contributed by atoms with van der Waals surface area (Å²) >= 11 is 0. The molecule has 1 aliphatic carbocycles. The number of hydrogen-bond donors (Lipinski definition) is 0. The first-order chi connectivity index (χ1) is 6.75. The van der Waals surface area contributed by atoms with Crippen LogP contribution in [0.3, 0.4) is 0 Å². The van der Waals surface area contributed by atoms with Crippen LogP contribution in [-0.2, 0) is 9.59 Å². The minimum atomic E-state index is -0.126. The summed E-state index contributed by atoms with van der Waals surface area (Å²) in [4.78, 5) is 23.1. The molecule has 1 unspecified atom stereocenters. The van der Waals surface area contributed by atoms with Gasteiger partial charge in [0.05, 0.1) is 0 Å². The third-order valence-corrected chi connectivity index (χ3v) is 3.09. The highest BCUT2D eigenvalue weighted by molar-refractivity contribution is 6.37. The Morgan fingerprint density at radius 2 is 1.71 bits per heavy atom. The summed E-state index contributed by atoms with van der Waals surface area (Å²) in [7, 11) is 0. The first-order valence-corrected chi connectivity index (χ1v) is 5.82. The van der Waals surface area contributed by atoms with Gasteiger partial charge in [-0.1, -0.05) is 32.6 Å². The molecule has 1 atom stereocenters. The second-order valence-electron chi connectivity index (χ2n) is 4.20. The first-order valence-electron chi connectivity index (χ1n) is 5.82. The Morgan fingerprint density at radius 3 is 2.43 bits per heavy atom. The van der Waals surface area contributed by atoms with Crippen LogP contribution < -0.4 is 0 Å². The van der Waals surface area contributed by atoms with Gasteiger partial charge in [0, 0.05) is 12.3 Å². The van der Waals surface area contributed by atoms with Crippen LogP contribution in [0.2, 0.25) is 0 Å². The third-order valence-electron chi connectivity index (χ3n) is 3.09. The third kappa shape index (κ3) is 3.24. The molecule has 1 saturated carbocycles. The van der Waals surface area contributed by atoms with Crippen LogP contribution in [0, 0.1) is 5.92 Å². The van der Waals surface area contributed by atoms with Crippen LogP contribution in [-0.4, -0.2) is 11.6 Å². The van der Waals surface area contributed by atoms with Crippen molar-refractivity contribution in [3.8, 4) is 0 Å². The Morgan fingerprint density at radius 1 is 1.07 bits per heavy atom. The monoisotopic (exact) mass is 196 g/mol. The summed E-state index contributed by atoms with van der Waals surface area (Å²) in [5.41, 5.74) is 0. The lowest BCUT2D eigenvalue weighted by Crippen LogP contribution is -2.23. The van der Waals surface area contributed by atoms with Gasteiger partial charge in [-0.3, -0.25) is 9.59 Å². The molecule has 0 aromatic rings. The van der Waals surface area contributed by atoms with Crippen LogP contribution in [0.15, 0.2) is 0 Å². The number of rotatable bonds is 1. The maximum Gasteiger partial charge on any atom is 0.201 e. The van der Waals surface area contributed by atoms with Crippen LogP contribution in [0.25, 0.3) is 0 Å². The summed E-state index contributed by atoms with van der Waals surface area (Å²) in [6.07, 6.45) is 7.78. The number of carbonyl (C=O) groups is 2. The van der Waals surface area contributed by atoms with Crippen molar-refractivity contribution in [3.63, 3.8) is 0 Å². The zero-order chi connectivity index (χ0) is 10.4. The zero-order valence-electron chi connectivity index (χ0n) is 9.05. The zero-order valence-corrected chi connectivity index (χ0v) is 9.05. The molecule has 80 valence electrons. The number of Topliss-reactive ketones (excluding diaryl/α,β-unsaturated/α-hetero) is 2. The Balaban J connectivity index is 2.55. The van der Waals surface area contributed by atoms with E-state index in [4.69, 9.17) is 0 Å². The molecule has 2 heteroatoms. The largest absolute Gasteiger partial charge is 0.291 e. The molecule has 0 N–H and O–H groups in total. The molecule has 0 spiro atoms. The van der Waals surface area contributed by atoms with Gasteiger partial charge in [0.15, 0.2) is 5.78 Å². The highest BCUT2D eigenvalue weighted by Gasteiger charge is 2.23. The first kappa shape index (κ1) is 11.4. The second-order valence-corrected chi connectivity index (χ2v) is 4.20. The van der Waals surface area contributed by atoms with E-state index in [9.17, 15) is 9.59 Å². The molecular weight excluding hydrogens is 176 g/mol. The van der Waals surface area contributed by atoms with E-state index in [1.165, 1.54) is 12.8 Å². The number of carbonyl (C=O) groups excluding carboxylic acids is 2. The predicted octanol–water partition coefficient (Wildman–Crippen LogP) is 2.90. The molecule has 0 amide bonds. The van der Waals surface area contributed by atoms with Crippen molar-refractivity contribution < 1.29 is 9.59 Å². The molecule has 14 heavy (non-hydrogen) atoms. The maximum atomic E-state index is 11.6. The summed E-state index contributed by atoms with van der Waals surface area (Å²) < 4.78 is 0. The Kier molecular flexibility index (Phi) is 4.85. The Labute approximate surface area is 86.1 Å². The summed E-state index contributed by atoms with van der Waals surface area (Å²) in [5, 5.41) is 0. The van der Waals surface area contributed by atoms with Gasteiger partial charge in [-0.2, -0.15) is 0 Å². The molecule has 1 aliphatic rings. The molecule has 0 aromatic carbocycles. The van der Waals surface area contributed by atoms with Gasteiger partial charge < -0.3 is 0 Å². The maximum absolute atomic E-state index is 11.6. The van der Waals surface area contributed by atoms with Crippen molar-refractivity contribution in [1.82, 2.24) is 0 Å². The summed E-state index contributed by atoms with van der Waals surface area (Å²) in [6.45, 7) is 2.00. The molecule has 2 nitrogen and oxygen atoms in total. The van der Waals surface area contributed by atoms with Crippen LogP contribution >= 0.6 is 0 Å². The van der Waals surface area contributed by atoms with Gasteiger partial charge >= 0.3 is 0 Å². The molecule has 0 heterocycles. The predicted molar refractivity (Wildman–Crippen MR) is 56.1 cm³/mol. The topological polar surface area (TPSA) is 34.1 Å². The van der Waals surface area contributed by atoms with E-state index in [-0.39, 0.29) is 17.5 Å². The van der Waals surface area contributed by atoms with Gasteiger partial charge in [-0.05, 0) is 19.3 Å². The fraction of sp³-hybridized carbons (Fsp3) is 0.833.